The number of nitrogens with zero attached hydrogens (tertiary/aromatic N) is 2. The summed E-state index contributed by atoms with van der Waals surface area (Å²) in [5, 5.41) is 0. The summed E-state index contributed by atoms with van der Waals surface area (Å²) in [5.41, 5.74) is 8.46. The van der Waals surface area contributed by atoms with Gasteiger partial charge in [-0.05, 0) is 37.1 Å². The number of pyridine rings is 1. The third-order valence-electron chi connectivity index (χ3n) is 3.82. The molecule has 2 rings (SSSR count). The Morgan fingerprint density at radius 2 is 2.00 bits per heavy atom. The second kappa shape index (κ2) is 6.68. The predicted molar refractivity (Wildman–Crippen MR) is 84.7 cm³/mol. The van der Waals surface area contributed by atoms with Gasteiger partial charge in [0.05, 0.1) is 6.04 Å². The van der Waals surface area contributed by atoms with Crippen molar-refractivity contribution in [2.45, 2.75) is 32.9 Å². The van der Waals surface area contributed by atoms with Crippen LogP contribution in [0.2, 0.25) is 0 Å². The van der Waals surface area contributed by atoms with Gasteiger partial charge in [-0.25, -0.2) is 9.37 Å². The van der Waals surface area contributed by atoms with Crippen LogP contribution in [0.25, 0.3) is 0 Å². The zero-order valence-electron chi connectivity index (χ0n) is 12.8. The van der Waals surface area contributed by atoms with Crippen LogP contribution in [-0.4, -0.2) is 12.0 Å². The van der Waals surface area contributed by atoms with Crippen LogP contribution in [0.3, 0.4) is 0 Å². The van der Waals surface area contributed by atoms with Crippen molar-refractivity contribution in [3.63, 3.8) is 0 Å². The SMILES string of the molecule is CCc1cc(CN)cc(N(C)C(C)c2ccccc2F)n1. The van der Waals surface area contributed by atoms with Gasteiger partial charge in [-0.2, -0.15) is 0 Å². The molecule has 0 spiro atoms. The maximum absolute atomic E-state index is 13.9. The molecular weight excluding hydrogens is 265 g/mol. The Hall–Kier alpha value is -1.94. The number of nitrogens with two attached hydrogens (primary N) is 1. The summed E-state index contributed by atoms with van der Waals surface area (Å²) in [6, 6.07) is 10.7. The van der Waals surface area contributed by atoms with Crippen LogP contribution in [0, 0.1) is 5.82 Å². The van der Waals surface area contributed by atoms with Crippen molar-refractivity contribution >= 4 is 5.82 Å². The van der Waals surface area contributed by atoms with Crippen molar-refractivity contribution in [2.24, 2.45) is 5.73 Å². The highest BCUT2D eigenvalue weighted by Gasteiger charge is 2.17. The maximum atomic E-state index is 13.9. The van der Waals surface area contributed by atoms with Gasteiger partial charge in [0.25, 0.3) is 0 Å². The molecule has 4 heteroatoms. The van der Waals surface area contributed by atoms with E-state index in [-0.39, 0.29) is 11.9 Å². The molecule has 1 unspecified atom stereocenters. The number of anilines is 1. The number of aromatic nitrogens is 1. The fourth-order valence-corrected chi connectivity index (χ4v) is 2.33. The summed E-state index contributed by atoms with van der Waals surface area (Å²) in [6.45, 7) is 4.51. The largest absolute Gasteiger partial charge is 0.353 e. The van der Waals surface area contributed by atoms with E-state index in [4.69, 9.17) is 5.73 Å². The van der Waals surface area contributed by atoms with Gasteiger partial charge in [0, 0.05) is 24.8 Å². The molecule has 1 heterocycles. The smallest absolute Gasteiger partial charge is 0.129 e. The molecule has 0 bridgehead atoms. The quantitative estimate of drug-likeness (QED) is 0.916. The van der Waals surface area contributed by atoms with Crippen LogP contribution in [0.4, 0.5) is 10.2 Å². The fourth-order valence-electron chi connectivity index (χ4n) is 2.33. The topological polar surface area (TPSA) is 42.1 Å². The second-order valence-corrected chi connectivity index (χ2v) is 5.19. The summed E-state index contributed by atoms with van der Waals surface area (Å²) < 4.78 is 13.9. The van der Waals surface area contributed by atoms with Gasteiger partial charge in [-0.15, -0.1) is 0 Å². The number of hydrogen-bond acceptors (Lipinski definition) is 3. The predicted octanol–water partition coefficient (Wildman–Crippen LogP) is 3.44. The third-order valence-corrected chi connectivity index (χ3v) is 3.82. The fraction of sp³-hybridized carbons (Fsp3) is 0.353. The number of rotatable bonds is 5. The molecule has 21 heavy (non-hydrogen) atoms. The Balaban J connectivity index is 2.35. The van der Waals surface area contributed by atoms with Crippen LogP contribution in [0.1, 0.15) is 36.7 Å². The Morgan fingerprint density at radius 1 is 1.29 bits per heavy atom. The molecule has 3 nitrogen and oxygen atoms in total. The van der Waals surface area contributed by atoms with Gasteiger partial charge in [-0.3, -0.25) is 0 Å². The van der Waals surface area contributed by atoms with E-state index in [1.807, 2.05) is 43.1 Å². The molecule has 2 N–H and O–H groups in total. The summed E-state index contributed by atoms with van der Waals surface area (Å²) >= 11 is 0. The van der Waals surface area contributed by atoms with Crippen LogP contribution in [0.15, 0.2) is 36.4 Å². The Morgan fingerprint density at radius 3 is 2.62 bits per heavy atom. The first-order valence-electron chi connectivity index (χ1n) is 7.24. The summed E-state index contributed by atoms with van der Waals surface area (Å²) in [4.78, 5) is 6.61. The molecule has 1 atom stereocenters. The molecule has 112 valence electrons. The Bertz CT molecular complexity index is 590. The lowest BCUT2D eigenvalue weighted by Crippen LogP contribution is -2.24. The van der Waals surface area contributed by atoms with Crippen molar-refractivity contribution in [3.05, 3.63) is 59.0 Å². The van der Waals surface area contributed by atoms with E-state index in [1.165, 1.54) is 6.07 Å². The molecule has 0 aliphatic heterocycles. The maximum Gasteiger partial charge on any atom is 0.129 e. The Kier molecular flexibility index (Phi) is 4.91. The number of halogens is 1. The van der Waals surface area contributed by atoms with Crippen LogP contribution < -0.4 is 10.6 Å². The van der Waals surface area contributed by atoms with Gasteiger partial charge in [0.1, 0.15) is 11.6 Å². The van der Waals surface area contributed by atoms with Gasteiger partial charge in [0.2, 0.25) is 0 Å². The minimum atomic E-state index is -0.192. The summed E-state index contributed by atoms with van der Waals surface area (Å²) in [5.74, 6) is 0.632. The highest BCUT2D eigenvalue weighted by Crippen LogP contribution is 2.26. The lowest BCUT2D eigenvalue weighted by molar-refractivity contribution is 0.584. The van der Waals surface area contributed by atoms with E-state index in [9.17, 15) is 4.39 Å². The molecule has 0 aliphatic carbocycles. The molecule has 2 aromatic rings. The average molecular weight is 287 g/mol. The molecule has 0 radical (unpaired) electrons. The molecule has 0 aliphatic rings. The van der Waals surface area contributed by atoms with Crippen LogP contribution in [-0.2, 0) is 13.0 Å². The zero-order chi connectivity index (χ0) is 15.4. The molecule has 0 saturated carbocycles. The number of aryl methyl sites for hydroxylation is 1. The molecule has 0 saturated heterocycles. The third kappa shape index (κ3) is 3.39. The highest BCUT2D eigenvalue weighted by atomic mass is 19.1. The number of hydrogen-bond donors (Lipinski definition) is 1. The van der Waals surface area contributed by atoms with Crippen LogP contribution >= 0.6 is 0 Å². The van der Waals surface area contributed by atoms with Crippen molar-refractivity contribution in [2.75, 3.05) is 11.9 Å². The standard InChI is InChI=1S/C17H22FN3/c1-4-14-9-13(11-19)10-17(20-14)21(3)12(2)15-7-5-6-8-16(15)18/h5-10,12H,4,11,19H2,1-3H3. The van der Waals surface area contributed by atoms with Gasteiger partial charge < -0.3 is 10.6 Å². The van der Waals surface area contributed by atoms with E-state index in [1.54, 1.807) is 6.07 Å². The minimum absolute atomic E-state index is 0.101. The molecule has 1 aromatic heterocycles. The highest BCUT2D eigenvalue weighted by molar-refractivity contribution is 5.45. The van der Waals surface area contributed by atoms with E-state index in [0.29, 0.717) is 12.1 Å². The lowest BCUT2D eigenvalue weighted by Gasteiger charge is -2.27. The van der Waals surface area contributed by atoms with E-state index < -0.39 is 0 Å². The zero-order valence-corrected chi connectivity index (χ0v) is 12.8. The average Bonchev–Trinajstić information content (AvgIpc) is 2.53. The summed E-state index contributed by atoms with van der Waals surface area (Å²) in [6.07, 6.45) is 0.850. The molecule has 1 aromatic carbocycles. The van der Waals surface area contributed by atoms with Crippen LogP contribution in [0.5, 0.6) is 0 Å². The monoisotopic (exact) mass is 287 g/mol. The van der Waals surface area contributed by atoms with Crippen molar-refractivity contribution in [1.82, 2.24) is 4.98 Å². The molecule has 0 fully saturated rings. The first-order valence-corrected chi connectivity index (χ1v) is 7.24. The van der Waals surface area contributed by atoms with Gasteiger partial charge in [-0.1, -0.05) is 25.1 Å². The number of benzene rings is 1. The van der Waals surface area contributed by atoms with Crippen molar-refractivity contribution < 1.29 is 4.39 Å². The van der Waals surface area contributed by atoms with Gasteiger partial charge in [0.15, 0.2) is 0 Å². The minimum Gasteiger partial charge on any atom is -0.353 e. The lowest BCUT2D eigenvalue weighted by atomic mass is 10.1. The molecule has 0 amide bonds. The second-order valence-electron chi connectivity index (χ2n) is 5.19. The van der Waals surface area contributed by atoms with E-state index in [0.717, 1.165) is 23.5 Å². The Labute approximate surface area is 125 Å². The van der Waals surface area contributed by atoms with Gasteiger partial charge >= 0.3 is 0 Å². The normalized spacial score (nSPS) is 12.2. The first kappa shape index (κ1) is 15.4. The van der Waals surface area contributed by atoms with E-state index >= 15 is 0 Å². The van der Waals surface area contributed by atoms with E-state index in [2.05, 4.69) is 11.9 Å². The first-order chi connectivity index (χ1) is 10.1. The molecular formula is C17H22FN3. The van der Waals surface area contributed by atoms with Crippen molar-refractivity contribution in [3.8, 4) is 0 Å². The summed E-state index contributed by atoms with van der Waals surface area (Å²) in [7, 11) is 1.93. The van der Waals surface area contributed by atoms with Crippen molar-refractivity contribution in [1.29, 1.82) is 0 Å².